The van der Waals surface area contributed by atoms with Gasteiger partial charge in [0, 0.05) is 24.8 Å². The second-order valence-electron chi connectivity index (χ2n) is 6.21. The molecule has 1 N–H and O–H groups in total. The molecular formula is C19H22N2O4S. The Labute approximate surface area is 153 Å². The van der Waals surface area contributed by atoms with E-state index in [0.717, 1.165) is 0 Å². The highest BCUT2D eigenvalue weighted by molar-refractivity contribution is 7.92. The number of amides is 2. The number of ether oxygens (including phenoxy) is 1. The number of rotatable bonds is 4. The molecule has 0 saturated carbocycles. The van der Waals surface area contributed by atoms with Crippen molar-refractivity contribution in [1.29, 1.82) is 0 Å². The Hall–Kier alpha value is -2.54. The van der Waals surface area contributed by atoms with Crippen molar-refractivity contribution in [3.8, 4) is 5.75 Å². The number of sulfone groups is 1. The zero-order valence-electron chi connectivity index (χ0n) is 14.6. The van der Waals surface area contributed by atoms with Crippen molar-refractivity contribution in [2.75, 3.05) is 25.5 Å². The lowest BCUT2D eigenvalue weighted by atomic mass is 10.1. The number of likely N-dealkylation sites (tertiary alicyclic amines) is 1. The average Bonchev–Trinajstić information content (AvgIpc) is 2.69. The van der Waals surface area contributed by atoms with Gasteiger partial charge in [-0.1, -0.05) is 24.3 Å². The van der Waals surface area contributed by atoms with Crippen molar-refractivity contribution in [1.82, 2.24) is 4.90 Å². The summed E-state index contributed by atoms with van der Waals surface area (Å²) in [6.45, 7) is 0.819. The number of hydrogen-bond acceptors (Lipinski definition) is 4. The van der Waals surface area contributed by atoms with Gasteiger partial charge in [-0.15, -0.1) is 0 Å². The van der Waals surface area contributed by atoms with E-state index >= 15 is 0 Å². The minimum Gasteiger partial charge on any atom is -0.497 e. The highest BCUT2D eigenvalue weighted by atomic mass is 32.2. The molecule has 1 heterocycles. The second kappa shape index (κ2) is 7.78. The van der Waals surface area contributed by atoms with Gasteiger partial charge in [-0.2, -0.15) is 0 Å². The number of nitrogens with one attached hydrogen (secondary N) is 1. The van der Waals surface area contributed by atoms with Crippen molar-refractivity contribution in [3.63, 3.8) is 0 Å². The lowest BCUT2D eigenvalue weighted by molar-refractivity contribution is 0.200. The molecule has 2 aromatic carbocycles. The molecule has 2 aromatic rings. The number of carbonyl (C=O) groups excluding carboxylic acids is 1. The lowest BCUT2D eigenvalue weighted by Crippen LogP contribution is -2.44. The normalized spacial score (nSPS) is 15.5. The Morgan fingerprint density at radius 3 is 2.42 bits per heavy atom. The van der Waals surface area contributed by atoms with Crippen molar-refractivity contribution >= 4 is 21.6 Å². The first kappa shape index (κ1) is 18.3. The van der Waals surface area contributed by atoms with E-state index in [-0.39, 0.29) is 6.03 Å². The summed E-state index contributed by atoms with van der Waals surface area (Å²) in [4.78, 5) is 14.4. The van der Waals surface area contributed by atoms with Crippen LogP contribution in [-0.4, -0.2) is 44.8 Å². The van der Waals surface area contributed by atoms with E-state index < -0.39 is 15.1 Å². The van der Waals surface area contributed by atoms with Crippen LogP contribution >= 0.6 is 0 Å². The number of carbonyl (C=O) groups is 1. The Balaban J connectivity index is 1.60. The van der Waals surface area contributed by atoms with Crippen LogP contribution in [0.5, 0.6) is 5.75 Å². The minimum atomic E-state index is -3.35. The number of urea groups is 1. The second-order valence-corrected chi connectivity index (χ2v) is 8.43. The summed E-state index contributed by atoms with van der Waals surface area (Å²) in [7, 11) is -1.79. The van der Waals surface area contributed by atoms with Crippen LogP contribution in [-0.2, 0) is 9.84 Å². The average molecular weight is 374 g/mol. The molecular weight excluding hydrogens is 352 g/mol. The molecule has 0 bridgehead atoms. The highest BCUT2D eigenvalue weighted by Crippen LogP contribution is 2.25. The summed E-state index contributed by atoms with van der Waals surface area (Å²) in [5, 5.41) is 2.38. The van der Waals surface area contributed by atoms with E-state index in [1.54, 1.807) is 66.6 Å². The zero-order valence-corrected chi connectivity index (χ0v) is 15.4. The lowest BCUT2D eigenvalue weighted by Gasteiger charge is -2.31. The summed E-state index contributed by atoms with van der Waals surface area (Å²) >= 11 is 0. The number of nitrogens with zero attached hydrogens (tertiary/aromatic N) is 1. The molecule has 6 nitrogen and oxygen atoms in total. The summed E-state index contributed by atoms with van der Waals surface area (Å²) in [5.74, 6) is 0.662. The summed E-state index contributed by atoms with van der Waals surface area (Å²) in [6.07, 6.45) is 0.867. The largest absolute Gasteiger partial charge is 0.497 e. The molecule has 0 radical (unpaired) electrons. The summed E-state index contributed by atoms with van der Waals surface area (Å²) < 4.78 is 30.5. The van der Waals surface area contributed by atoms with Gasteiger partial charge in [-0.05, 0) is 37.1 Å². The van der Waals surface area contributed by atoms with Crippen LogP contribution < -0.4 is 10.1 Å². The maximum absolute atomic E-state index is 12.7. The van der Waals surface area contributed by atoms with E-state index in [0.29, 0.717) is 42.3 Å². The fourth-order valence-corrected chi connectivity index (χ4v) is 4.83. The fraction of sp³-hybridized carbons (Fsp3) is 0.316. The van der Waals surface area contributed by atoms with Crippen LogP contribution in [0.15, 0.2) is 59.5 Å². The molecule has 138 valence electrons. The van der Waals surface area contributed by atoms with Crippen LogP contribution in [0.1, 0.15) is 12.8 Å². The van der Waals surface area contributed by atoms with E-state index in [1.165, 1.54) is 0 Å². The number of methoxy groups -OCH3 is 1. The molecule has 2 amide bonds. The Morgan fingerprint density at radius 2 is 1.77 bits per heavy atom. The van der Waals surface area contributed by atoms with Crippen LogP contribution in [0.25, 0.3) is 0 Å². The van der Waals surface area contributed by atoms with Gasteiger partial charge >= 0.3 is 6.03 Å². The van der Waals surface area contributed by atoms with Gasteiger partial charge in [0.2, 0.25) is 0 Å². The molecule has 1 saturated heterocycles. The molecule has 1 aliphatic heterocycles. The number of piperidine rings is 1. The molecule has 0 aliphatic carbocycles. The van der Waals surface area contributed by atoms with E-state index in [2.05, 4.69) is 5.32 Å². The number of anilines is 1. The van der Waals surface area contributed by atoms with Crippen molar-refractivity contribution < 1.29 is 17.9 Å². The predicted molar refractivity (Wildman–Crippen MR) is 100 cm³/mol. The topological polar surface area (TPSA) is 75.7 Å². The first-order chi connectivity index (χ1) is 12.5. The first-order valence-corrected chi connectivity index (χ1v) is 10.0. The van der Waals surface area contributed by atoms with Crippen LogP contribution in [0.2, 0.25) is 0 Å². The van der Waals surface area contributed by atoms with Crippen molar-refractivity contribution in [3.05, 3.63) is 54.6 Å². The first-order valence-electron chi connectivity index (χ1n) is 8.49. The monoisotopic (exact) mass is 374 g/mol. The van der Waals surface area contributed by atoms with Crippen LogP contribution in [0, 0.1) is 0 Å². The van der Waals surface area contributed by atoms with Gasteiger partial charge in [0.15, 0.2) is 9.84 Å². The molecule has 0 unspecified atom stereocenters. The highest BCUT2D eigenvalue weighted by Gasteiger charge is 2.32. The molecule has 1 fully saturated rings. The molecule has 26 heavy (non-hydrogen) atoms. The fourth-order valence-electron chi connectivity index (χ4n) is 3.08. The van der Waals surface area contributed by atoms with E-state index in [4.69, 9.17) is 4.74 Å². The smallest absolute Gasteiger partial charge is 0.321 e. The van der Waals surface area contributed by atoms with Gasteiger partial charge < -0.3 is 15.0 Å². The van der Waals surface area contributed by atoms with Crippen molar-refractivity contribution in [2.24, 2.45) is 0 Å². The van der Waals surface area contributed by atoms with Crippen molar-refractivity contribution in [2.45, 2.75) is 23.0 Å². The van der Waals surface area contributed by atoms with E-state index in [1.807, 2.05) is 0 Å². The molecule has 7 heteroatoms. The van der Waals surface area contributed by atoms with Gasteiger partial charge in [0.1, 0.15) is 5.75 Å². The molecule has 0 atom stereocenters. The standard InChI is InChI=1S/C19H22N2O4S/c1-25-16-7-5-6-15(14-16)20-19(22)21-12-10-18(11-13-21)26(23,24)17-8-3-2-4-9-17/h2-9,14,18H,10-13H2,1H3,(H,20,22). The number of hydrogen-bond donors (Lipinski definition) is 1. The quantitative estimate of drug-likeness (QED) is 0.892. The van der Waals surface area contributed by atoms with Gasteiger partial charge in [-0.25, -0.2) is 13.2 Å². The SMILES string of the molecule is COc1cccc(NC(=O)N2CCC(S(=O)(=O)c3ccccc3)CC2)c1. The maximum Gasteiger partial charge on any atom is 0.321 e. The zero-order chi connectivity index (χ0) is 18.6. The third kappa shape index (κ3) is 3.99. The molecule has 0 aromatic heterocycles. The van der Waals surface area contributed by atoms with Gasteiger partial charge in [-0.3, -0.25) is 0 Å². The van der Waals surface area contributed by atoms with Crippen LogP contribution in [0.3, 0.4) is 0 Å². The third-order valence-corrected chi connectivity index (χ3v) is 6.84. The Morgan fingerprint density at radius 1 is 1.08 bits per heavy atom. The third-order valence-electron chi connectivity index (χ3n) is 4.56. The summed E-state index contributed by atoms with van der Waals surface area (Å²) in [6, 6.07) is 15.4. The summed E-state index contributed by atoms with van der Waals surface area (Å²) in [5.41, 5.74) is 0.647. The van der Waals surface area contributed by atoms with Gasteiger partial charge in [0.25, 0.3) is 0 Å². The minimum absolute atomic E-state index is 0.228. The number of benzene rings is 2. The molecule has 3 rings (SSSR count). The molecule has 0 spiro atoms. The van der Waals surface area contributed by atoms with Crippen LogP contribution in [0.4, 0.5) is 10.5 Å². The molecule has 1 aliphatic rings. The maximum atomic E-state index is 12.7. The Kier molecular flexibility index (Phi) is 5.46. The van der Waals surface area contributed by atoms with E-state index in [9.17, 15) is 13.2 Å². The van der Waals surface area contributed by atoms with Gasteiger partial charge in [0.05, 0.1) is 17.3 Å². The predicted octanol–water partition coefficient (Wildman–Crippen LogP) is 3.17. The Bertz CT molecular complexity index is 860.